The Morgan fingerprint density at radius 3 is 2.72 bits per heavy atom. The molecule has 3 rings (SSSR count). The summed E-state index contributed by atoms with van der Waals surface area (Å²) in [5.41, 5.74) is 1.42. The second-order valence-corrected chi connectivity index (χ2v) is 6.38. The standard InChI is InChI=1S/C19H23N3O3/c1-21-13-15(12-20-21)17(23)11-16-9-6-10-22(16)19(24)18(25-2)14-7-4-3-5-8-14/h3-5,7-8,12-13,16,18H,6,9-11H2,1-2H3/t16?,18-/m1/s1. The van der Waals surface area contributed by atoms with E-state index in [9.17, 15) is 9.59 Å². The molecule has 2 aromatic rings. The first kappa shape index (κ1) is 17.4. The molecule has 2 heterocycles. The molecule has 0 aliphatic carbocycles. The molecular weight excluding hydrogens is 318 g/mol. The molecule has 0 N–H and O–H groups in total. The molecule has 1 saturated heterocycles. The number of aryl methyl sites for hydroxylation is 1. The molecule has 25 heavy (non-hydrogen) atoms. The molecule has 0 bridgehead atoms. The van der Waals surface area contributed by atoms with E-state index in [1.54, 1.807) is 36.1 Å². The number of Topliss-reactive ketones (excluding diaryl/α,β-unsaturated/α-hetero) is 1. The highest BCUT2D eigenvalue weighted by Gasteiger charge is 2.35. The van der Waals surface area contributed by atoms with Crippen LogP contribution in [0.2, 0.25) is 0 Å². The Kier molecular flexibility index (Phi) is 5.28. The monoisotopic (exact) mass is 341 g/mol. The van der Waals surface area contributed by atoms with Crippen LogP contribution in [0.15, 0.2) is 42.7 Å². The average Bonchev–Trinajstić information content (AvgIpc) is 3.25. The van der Waals surface area contributed by atoms with Crippen molar-refractivity contribution < 1.29 is 14.3 Å². The number of amides is 1. The van der Waals surface area contributed by atoms with Gasteiger partial charge in [0, 0.05) is 39.4 Å². The molecule has 6 nitrogen and oxygen atoms in total. The summed E-state index contributed by atoms with van der Waals surface area (Å²) in [5, 5.41) is 4.04. The first-order valence-corrected chi connectivity index (χ1v) is 8.50. The predicted octanol–water partition coefficient (Wildman–Crippen LogP) is 2.37. The van der Waals surface area contributed by atoms with E-state index in [0.717, 1.165) is 18.4 Å². The van der Waals surface area contributed by atoms with Crippen molar-refractivity contribution >= 4 is 11.7 Å². The van der Waals surface area contributed by atoms with Crippen LogP contribution in [0.5, 0.6) is 0 Å². The number of nitrogens with zero attached hydrogens (tertiary/aromatic N) is 3. The van der Waals surface area contributed by atoms with Gasteiger partial charge in [0.25, 0.3) is 5.91 Å². The highest BCUT2D eigenvalue weighted by molar-refractivity contribution is 5.96. The first-order valence-electron chi connectivity index (χ1n) is 8.50. The van der Waals surface area contributed by atoms with Crippen LogP contribution < -0.4 is 0 Å². The maximum atomic E-state index is 13.0. The molecule has 1 fully saturated rings. The molecule has 1 aliphatic heterocycles. The number of methoxy groups -OCH3 is 1. The summed E-state index contributed by atoms with van der Waals surface area (Å²) in [6, 6.07) is 9.38. The Morgan fingerprint density at radius 1 is 1.32 bits per heavy atom. The number of aromatic nitrogens is 2. The minimum absolute atomic E-state index is 0.0199. The van der Waals surface area contributed by atoms with Crippen molar-refractivity contribution in [2.24, 2.45) is 7.05 Å². The first-order chi connectivity index (χ1) is 12.1. The van der Waals surface area contributed by atoms with Gasteiger partial charge in [-0.3, -0.25) is 14.3 Å². The Labute approximate surface area is 147 Å². The van der Waals surface area contributed by atoms with Gasteiger partial charge < -0.3 is 9.64 Å². The number of carbonyl (C=O) groups excluding carboxylic acids is 2. The van der Waals surface area contributed by atoms with E-state index < -0.39 is 6.10 Å². The molecule has 1 aromatic carbocycles. The lowest BCUT2D eigenvalue weighted by atomic mass is 10.0. The molecule has 0 radical (unpaired) electrons. The largest absolute Gasteiger partial charge is 0.367 e. The van der Waals surface area contributed by atoms with Crippen LogP contribution in [-0.2, 0) is 16.6 Å². The van der Waals surface area contributed by atoms with Crippen molar-refractivity contribution in [1.29, 1.82) is 0 Å². The van der Waals surface area contributed by atoms with Gasteiger partial charge in [0.05, 0.1) is 11.8 Å². The zero-order chi connectivity index (χ0) is 17.8. The molecule has 1 aromatic heterocycles. The van der Waals surface area contributed by atoms with Gasteiger partial charge in [0.2, 0.25) is 0 Å². The highest BCUT2D eigenvalue weighted by atomic mass is 16.5. The zero-order valence-electron chi connectivity index (χ0n) is 14.6. The van der Waals surface area contributed by atoms with Crippen molar-refractivity contribution in [1.82, 2.24) is 14.7 Å². The Hall–Kier alpha value is -2.47. The number of ether oxygens (including phenoxy) is 1. The third-order valence-electron chi connectivity index (χ3n) is 4.67. The predicted molar refractivity (Wildman–Crippen MR) is 93.1 cm³/mol. The van der Waals surface area contributed by atoms with E-state index in [4.69, 9.17) is 4.74 Å². The molecular formula is C19H23N3O3. The van der Waals surface area contributed by atoms with Gasteiger partial charge in [-0.15, -0.1) is 0 Å². The normalized spacial score (nSPS) is 18.3. The third kappa shape index (κ3) is 3.79. The average molecular weight is 341 g/mol. The van der Waals surface area contributed by atoms with Crippen molar-refractivity contribution in [3.05, 3.63) is 53.9 Å². The SMILES string of the molecule is CO[C@@H](C(=O)N1CCCC1CC(=O)c1cnn(C)c1)c1ccccc1. The molecule has 132 valence electrons. The number of hydrogen-bond donors (Lipinski definition) is 0. The van der Waals surface area contributed by atoms with Gasteiger partial charge in [-0.2, -0.15) is 5.10 Å². The quantitative estimate of drug-likeness (QED) is 0.757. The summed E-state index contributed by atoms with van der Waals surface area (Å²) in [5.74, 6) is -0.0540. The molecule has 0 saturated carbocycles. The molecule has 6 heteroatoms. The number of rotatable bonds is 6. The summed E-state index contributed by atoms with van der Waals surface area (Å²) in [7, 11) is 3.33. The van der Waals surface area contributed by atoms with Gasteiger partial charge >= 0.3 is 0 Å². The lowest BCUT2D eigenvalue weighted by Gasteiger charge is -2.28. The van der Waals surface area contributed by atoms with E-state index in [1.807, 2.05) is 30.3 Å². The van der Waals surface area contributed by atoms with Gasteiger partial charge in [-0.05, 0) is 18.4 Å². The maximum Gasteiger partial charge on any atom is 0.256 e. The fourth-order valence-electron chi connectivity index (χ4n) is 3.39. The van der Waals surface area contributed by atoms with Crippen molar-refractivity contribution in [2.45, 2.75) is 31.4 Å². The summed E-state index contributed by atoms with van der Waals surface area (Å²) in [6.45, 7) is 0.663. The molecule has 1 unspecified atom stereocenters. The second-order valence-electron chi connectivity index (χ2n) is 6.38. The lowest BCUT2D eigenvalue weighted by Crippen LogP contribution is -2.40. The van der Waals surface area contributed by atoms with E-state index in [-0.39, 0.29) is 17.7 Å². The Bertz CT molecular complexity index is 741. The lowest BCUT2D eigenvalue weighted by molar-refractivity contribution is -0.143. The van der Waals surface area contributed by atoms with E-state index in [1.165, 1.54) is 0 Å². The summed E-state index contributed by atoms with van der Waals surface area (Å²) in [4.78, 5) is 27.3. The van der Waals surface area contributed by atoms with Crippen LogP contribution in [0.1, 0.15) is 41.3 Å². The smallest absolute Gasteiger partial charge is 0.256 e. The van der Waals surface area contributed by atoms with Crippen LogP contribution >= 0.6 is 0 Å². The van der Waals surface area contributed by atoms with Crippen LogP contribution in [0.25, 0.3) is 0 Å². The minimum Gasteiger partial charge on any atom is -0.367 e. The summed E-state index contributed by atoms with van der Waals surface area (Å²) < 4.78 is 7.07. The summed E-state index contributed by atoms with van der Waals surface area (Å²) in [6.07, 6.45) is 4.72. The van der Waals surface area contributed by atoms with Gasteiger partial charge in [-0.1, -0.05) is 30.3 Å². The molecule has 2 atom stereocenters. The molecule has 1 amide bonds. The van der Waals surface area contributed by atoms with Gasteiger partial charge in [0.1, 0.15) is 0 Å². The summed E-state index contributed by atoms with van der Waals surface area (Å²) >= 11 is 0. The molecule has 0 spiro atoms. The number of benzene rings is 1. The van der Waals surface area contributed by atoms with E-state index >= 15 is 0 Å². The fraction of sp³-hybridized carbons (Fsp3) is 0.421. The van der Waals surface area contributed by atoms with Crippen molar-refractivity contribution in [3.63, 3.8) is 0 Å². The number of ketones is 1. The number of carbonyl (C=O) groups is 2. The Balaban J connectivity index is 1.72. The van der Waals surface area contributed by atoms with Gasteiger partial charge in [-0.25, -0.2) is 0 Å². The van der Waals surface area contributed by atoms with Crippen LogP contribution in [0, 0.1) is 0 Å². The number of hydrogen-bond acceptors (Lipinski definition) is 4. The second kappa shape index (κ2) is 7.61. The Morgan fingerprint density at radius 2 is 2.08 bits per heavy atom. The molecule has 1 aliphatic rings. The topological polar surface area (TPSA) is 64.4 Å². The van der Waals surface area contributed by atoms with E-state index in [0.29, 0.717) is 18.5 Å². The minimum atomic E-state index is -0.629. The highest BCUT2D eigenvalue weighted by Crippen LogP contribution is 2.27. The van der Waals surface area contributed by atoms with Gasteiger partial charge in [0.15, 0.2) is 11.9 Å². The van der Waals surface area contributed by atoms with Crippen LogP contribution in [0.4, 0.5) is 0 Å². The zero-order valence-corrected chi connectivity index (χ0v) is 14.6. The maximum absolute atomic E-state index is 13.0. The van der Waals surface area contributed by atoms with E-state index in [2.05, 4.69) is 5.10 Å². The van der Waals surface area contributed by atoms with Crippen LogP contribution in [-0.4, -0.2) is 46.1 Å². The fourth-order valence-corrected chi connectivity index (χ4v) is 3.39. The van der Waals surface area contributed by atoms with Crippen molar-refractivity contribution in [3.8, 4) is 0 Å². The third-order valence-corrected chi connectivity index (χ3v) is 4.67. The van der Waals surface area contributed by atoms with Crippen LogP contribution in [0.3, 0.4) is 0 Å². The number of likely N-dealkylation sites (tertiary alicyclic amines) is 1. The van der Waals surface area contributed by atoms with Crippen molar-refractivity contribution in [2.75, 3.05) is 13.7 Å².